The third-order valence-electron chi connectivity index (χ3n) is 2.59. The Morgan fingerprint density at radius 1 is 1.19 bits per heavy atom. The molecule has 110 valence electrons. The SMILES string of the molecule is O=C(O)c1ccc(Cl)c(S(=O)(=O)Nc2ccccc2I)c1. The quantitative estimate of drug-likeness (QED) is 0.718. The largest absolute Gasteiger partial charge is 0.478 e. The molecule has 0 radical (unpaired) electrons. The highest BCUT2D eigenvalue weighted by Crippen LogP contribution is 2.26. The maximum atomic E-state index is 12.4. The summed E-state index contributed by atoms with van der Waals surface area (Å²) in [5.74, 6) is -1.22. The zero-order valence-electron chi connectivity index (χ0n) is 10.4. The van der Waals surface area contributed by atoms with Gasteiger partial charge in [0, 0.05) is 3.57 Å². The molecule has 0 fully saturated rings. The highest BCUT2D eigenvalue weighted by atomic mass is 127. The summed E-state index contributed by atoms with van der Waals surface area (Å²) in [6, 6.07) is 10.3. The first-order chi connectivity index (χ1) is 9.81. The molecule has 0 atom stereocenters. The lowest BCUT2D eigenvalue weighted by atomic mass is 10.2. The van der Waals surface area contributed by atoms with E-state index >= 15 is 0 Å². The van der Waals surface area contributed by atoms with Crippen molar-refractivity contribution in [3.05, 3.63) is 56.6 Å². The number of para-hydroxylation sites is 1. The van der Waals surface area contributed by atoms with Gasteiger partial charge in [-0.15, -0.1) is 0 Å². The zero-order chi connectivity index (χ0) is 15.6. The van der Waals surface area contributed by atoms with E-state index in [-0.39, 0.29) is 15.5 Å². The molecule has 0 aliphatic heterocycles. The number of rotatable bonds is 4. The molecular formula is C13H9ClINO4S. The van der Waals surface area contributed by atoms with Gasteiger partial charge in [0.2, 0.25) is 0 Å². The summed E-state index contributed by atoms with van der Waals surface area (Å²) >= 11 is 7.87. The highest BCUT2D eigenvalue weighted by Gasteiger charge is 2.21. The Labute approximate surface area is 140 Å². The maximum Gasteiger partial charge on any atom is 0.335 e. The van der Waals surface area contributed by atoms with Gasteiger partial charge in [-0.3, -0.25) is 4.72 Å². The second kappa shape index (κ2) is 6.20. The number of hydrogen-bond donors (Lipinski definition) is 2. The molecule has 0 saturated heterocycles. The van der Waals surface area contributed by atoms with Gasteiger partial charge in [-0.05, 0) is 52.9 Å². The monoisotopic (exact) mass is 437 g/mol. The van der Waals surface area contributed by atoms with Gasteiger partial charge in [0.1, 0.15) is 4.90 Å². The highest BCUT2D eigenvalue weighted by molar-refractivity contribution is 14.1. The van der Waals surface area contributed by atoms with E-state index in [1.807, 2.05) is 22.6 Å². The average molecular weight is 438 g/mol. The number of sulfonamides is 1. The van der Waals surface area contributed by atoms with E-state index in [0.717, 1.165) is 6.07 Å². The predicted octanol–water partition coefficient (Wildman–Crippen LogP) is 3.44. The van der Waals surface area contributed by atoms with Crippen LogP contribution in [0.5, 0.6) is 0 Å². The predicted molar refractivity (Wildman–Crippen MR) is 88.4 cm³/mol. The Kier molecular flexibility index (Phi) is 4.74. The first-order valence-electron chi connectivity index (χ1n) is 5.61. The van der Waals surface area contributed by atoms with E-state index in [4.69, 9.17) is 16.7 Å². The molecule has 21 heavy (non-hydrogen) atoms. The molecule has 0 aromatic heterocycles. The topological polar surface area (TPSA) is 83.5 Å². The van der Waals surface area contributed by atoms with Gasteiger partial charge >= 0.3 is 5.97 Å². The number of carboxylic acid groups (broad SMARTS) is 1. The molecular weight excluding hydrogens is 429 g/mol. The van der Waals surface area contributed by atoms with Gasteiger partial charge in [0.25, 0.3) is 10.0 Å². The van der Waals surface area contributed by atoms with Crippen molar-refractivity contribution in [2.75, 3.05) is 4.72 Å². The number of nitrogens with one attached hydrogen (secondary N) is 1. The van der Waals surface area contributed by atoms with Crippen LogP contribution in [0.4, 0.5) is 5.69 Å². The van der Waals surface area contributed by atoms with Crippen molar-refractivity contribution in [3.8, 4) is 0 Å². The molecule has 0 spiro atoms. The molecule has 0 saturated carbocycles. The zero-order valence-corrected chi connectivity index (χ0v) is 14.1. The van der Waals surface area contributed by atoms with E-state index in [0.29, 0.717) is 9.26 Å². The summed E-state index contributed by atoms with van der Waals surface area (Å²) in [6.07, 6.45) is 0. The van der Waals surface area contributed by atoms with Crippen molar-refractivity contribution in [1.82, 2.24) is 0 Å². The van der Waals surface area contributed by atoms with E-state index in [1.54, 1.807) is 24.3 Å². The summed E-state index contributed by atoms with van der Waals surface area (Å²) in [6.45, 7) is 0. The van der Waals surface area contributed by atoms with Crippen molar-refractivity contribution in [2.45, 2.75) is 4.90 Å². The molecule has 2 aromatic rings. The van der Waals surface area contributed by atoms with Crippen LogP contribution < -0.4 is 4.72 Å². The van der Waals surface area contributed by atoms with Crippen molar-refractivity contribution in [3.63, 3.8) is 0 Å². The number of anilines is 1. The van der Waals surface area contributed by atoms with Crippen molar-refractivity contribution >= 4 is 55.9 Å². The summed E-state index contributed by atoms with van der Waals surface area (Å²) in [4.78, 5) is 10.7. The van der Waals surface area contributed by atoms with Gasteiger partial charge in [0.05, 0.1) is 16.3 Å². The maximum absolute atomic E-state index is 12.4. The Hall–Kier alpha value is -1.32. The van der Waals surface area contributed by atoms with Crippen LogP contribution in [0, 0.1) is 3.57 Å². The van der Waals surface area contributed by atoms with Crippen molar-refractivity contribution in [1.29, 1.82) is 0 Å². The number of aromatic carboxylic acids is 1. The third kappa shape index (κ3) is 3.66. The molecule has 8 heteroatoms. The summed E-state index contributed by atoms with van der Waals surface area (Å²) < 4.78 is 27.8. The number of halogens is 2. The lowest BCUT2D eigenvalue weighted by molar-refractivity contribution is 0.0696. The first kappa shape index (κ1) is 16.1. The van der Waals surface area contributed by atoms with E-state index < -0.39 is 16.0 Å². The van der Waals surface area contributed by atoms with E-state index in [2.05, 4.69) is 4.72 Å². The smallest absolute Gasteiger partial charge is 0.335 e. The molecule has 2 aromatic carbocycles. The van der Waals surface area contributed by atoms with Gasteiger partial charge in [-0.2, -0.15) is 0 Å². The van der Waals surface area contributed by atoms with Crippen LogP contribution in [0.2, 0.25) is 5.02 Å². The minimum Gasteiger partial charge on any atom is -0.478 e. The van der Waals surface area contributed by atoms with Gasteiger partial charge < -0.3 is 5.11 Å². The minimum absolute atomic E-state index is 0.0431. The summed E-state index contributed by atoms with van der Waals surface area (Å²) in [7, 11) is -3.97. The fourth-order valence-electron chi connectivity index (χ4n) is 1.59. The normalized spacial score (nSPS) is 11.1. The summed E-state index contributed by atoms with van der Waals surface area (Å²) in [5.41, 5.74) is 0.248. The number of carbonyl (C=O) groups is 1. The standard InChI is InChI=1S/C13H9ClINO4S/c14-9-6-5-8(13(17)18)7-12(9)21(19,20)16-11-4-2-1-3-10(11)15/h1-7,16H,(H,17,18). The van der Waals surface area contributed by atoms with Crippen molar-refractivity contribution < 1.29 is 18.3 Å². The molecule has 0 heterocycles. The fraction of sp³-hybridized carbons (Fsp3) is 0. The second-order valence-corrected chi connectivity index (χ2v) is 7.26. The van der Waals surface area contributed by atoms with Crippen LogP contribution in [-0.4, -0.2) is 19.5 Å². The molecule has 0 bridgehead atoms. The lowest BCUT2D eigenvalue weighted by Gasteiger charge is -2.11. The number of hydrogen-bond acceptors (Lipinski definition) is 3. The molecule has 0 unspecified atom stereocenters. The van der Waals surface area contributed by atoms with E-state index in [9.17, 15) is 13.2 Å². The van der Waals surface area contributed by atoms with Crippen LogP contribution in [0.1, 0.15) is 10.4 Å². The molecule has 0 amide bonds. The van der Waals surface area contributed by atoms with Crippen LogP contribution in [0.15, 0.2) is 47.4 Å². The van der Waals surface area contributed by atoms with Gasteiger partial charge in [-0.1, -0.05) is 23.7 Å². The van der Waals surface area contributed by atoms with Crippen LogP contribution in [-0.2, 0) is 10.0 Å². The molecule has 2 N–H and O–H groups in total. The van der Waals surface area contributed by atoms with Crippen LogP contribution in [0.25, 0.3) is 0 Å². The Bertz CT molecular complexity index is 808. The number of carboxylic acids is 1. The Balaban J connectivity index is 2.47. The average Bonchev–Trinajstić information content (AvgIpc) is 2.41. The first-order valence-corrected chi connectivity index (χ1v) is 8.55. The van der Waals surface area contributed by atoms with E-state index in [1.165, 1.54) is 12.1 Å². The van der Waals surface area contributed by atoms with Crippen LogP contribution >= 0.6 is 34.2 Å². The minimum atomic E-state index is -3.97. The van der Waals surface area contributed by atoms with Crippen molar-refractivity contribution in [2.24, 2.45) is 0 Å². The second-order valence-electron chi connectivity index (χ2n) is 4.04. The molecule has 0 aliphatic rings. The van der Waals surface area contributed by atoms with Gasteiger partial charge in [-0.25, -0.2) is 13.2 Å². The Morgan fingerprint density at radius 3 is 2.48 bits per heavy atom. The fourth-order valence-corrected chi connectivity index (χ4v) is 3.90. The Morgan fingerprint density at radius 2 is 1.86 bits per heavy atom. The number of benzene rings is 2. The molecule has 2 rings (SSSR count). The molecule has 0 aliphatic carbocycles. The van der Waals surface area contributed by atoms with Crippen LogP contribution in [0.3, 0.4) is 0 Å². The summed E-state index contributed by atoms with van der Waals surface area (Å²) in [5, 5.41) is 8.90. The molecule has 5 nitrogen and oxygen atoms in total. The lowest BCUT2D eigenvalue weighted by Crippen LogP contribution is -2.15. The van der Waals surface area contributed by atoms with Gasteiger partial charge in [0.15, 0.2) is 0 Å². The third-order valence-corrected chi connectivity index (χ3v) is 5.37.